The second kappa shape index (κ2) is 45.0. The van der Waals surface area contributed by atoms with Crippen LogP contribution < -0.4 is 38.6 Å². The Morgan fingerprint density at radius 1 is 0.361 bits per heavy atom. The maximum Gasteiger partial charge on any atom is 0.573 e. The highest BCUT2D eigenvalue weighted by atomic mass is 79.9. The highest BCUT2D eigenvalue weighted by Crippen LogP contribution is 2.41. The van der Waals surface area contributed by atoms with Gasteiger partial charge in [0, 0.05) is 170 Å². The molecule has 144 heavy (non-hydrogen) atoms. The summed E-state index contributed by atoms with van der Waals surface area (Å²) in [6.07, 6.45) is -6.65. The number of halogens is 19. The topological polar surface area (TPSA) is 171 Å². The van der Waals surface area contributed by atoms with Crippen molar-refractivity contribution in [2.24, 2.45) is 0 Å². The quantitative estimate of drug-likeness (QED) is 0.0446. The molecule has 0 aliphatic carbocycles. The number of nitrogens with one attached hydrogen (secondary N) is 1. The van der Waals surface area contributed by atoms with Crippen LogP contribution in [0.25, 0.3) is 122 Å². The third-order valence-electron chi connectivity index (χ3n) is 21.7. The van der Waals surface area contributed by atoms with E-state index >= 15 is 0 Å². The van der Waals surface area contributed by atoms with E-state index in [9.17, 15) is 75.4 Å². The number of aromatic nitrogens is 8. The van der Waals surface area contributed by atoms with Gasteiger partial charge in [-0.15, -0.1) is 65.9 Å². The van der Waals surface area contributed by atoms with E-state index in [4.69, 9.17) is 26.1 Å². The number of ether oxygens (including phenoxy) is 7. The Balaban J connectivity index is 0.000000138. The van der Waals surface area contributed by atoms with Crippen molar-refractivity contribution >= 4 is 120 Å². The summed E-state index contributed by atoms with van der Waals surface area (Å²) in [5, 5.41) is 3.14. The van der Waals surface area contributed by atoms with Gasteiger partial charge in [-0.05, 0) is 270 Å². The molecule has 17 nitrogen and oxygen atoms in total. The third kappa shape index (κ3) is 27.8. The lowest BCUT2D eigenvalue weighted by Gasteiger charge is -2.13. The van der Waals surface area contributed by atoms with Crippen LogP contribution in [0, 0.1) is 34.6 Å². The minimum atomic E-state index is -4.74. The SMILES string of the molecule is COc1c(C)c(-c2ccc3cc(-c4cccc(OC(F)(F)F)c4)cn3c2)nc2ccccc12.COc1c(C)c(Cl)nc2ccccc12.Cc1c(-c2ccc3cc(-c4cccc(OC(F)(F)F)c4)cn3c2)[nH]c2ccccc2c1=O.Cc1ccc(Br)cn1.Cc1ccc2cc(-c3cccc(OC(F)(F)F)c3)cn2c1.FC(F)(F)Oc1cccc(-c2cc3ccc(Br)cn3c2)c1.O=C(CBr)c1cccc(OC(F)(F)F)c1. The Morgan fingerprint density at radius 3 is 1.16 bits per heavy atom. The summed E-state index contributed by atoms with van der Waals surface area (Å²) in [5.41, 5.74) is 19.9. The Hall–Kier alpha value is -15.1. The van der Waals surface area contributed by atoms with Gasteiger partial charge >= 0.3 is 31.8 Å². The summed E-state index contributed by atoms with van der Waals surface area (Å²) in [5.74, 6) is -0.0693. The molecule has 0 aliphatic heterocycles. The van der Waals surface area contributed by atoms with Gasteiger partial charge in [0.05, 0.1) is 42.0 Å². The maximum atomic E-state index is 12.8. The molecule has 0 spiro atoms. The van der Waals surface area contributed by atoms with E-state index in [2.05, 4.69) is 86.4 Å². The van der Waals surface area contributed by atoms with Crippen LogP contribution in [0.4, 0.5) is 65.9 Å². The number of fused-ring (bicyclic) bond motifs is 7. The van der Waals surface area contributed by atoms with Gasteiger partial charge in [-0.25, -0.2) is 9.97 Å². The molecule has 20 aromatic rings. The number of aryl methyl sites for hydroxylation is 2. The number of hydrogen-bond donors (Lipinski definition) is 1. The van der Waals surface area contributed by atoms with Crippen molar-refractivity contribution in [1.82, 2.24) is 37.5 Å². The number of carbonyl (C=O) groups excluding carboxylic acids is 1. The Bertz CT molecular complexity index is 7930. The molecule has 36 heteroatoms. The summed E-state index contributed by atoms with van der Waals surface area (Å²) < 4.78 is 225. The van der Waals surface area contributed by atoms with Crippen molar-refractivity contribution in [3.05, 3.63) is 393 Å². The second-order valence-electron chi connectivity index (χ2n) is 31.9. The molecule has 20 rings (SSSR count). The fourth-order valence-electron chi connectivity index (χ4n) is 15.3. The van der Waals surface area contributed by atoms with E-state index in [0.29, 0.717) is 38.4 Å². The first-order valence-electron chi connectivity index (χ1n) is 43.1. The minimum Gasteiger partial charge on any atom is -0.496 e. The first-order chi connectivity index (χ1) is 68.4. The van der Waals surface area contributed by atoms with E-state index in [-0.39, 0.29) is 45.1 Å². The number of nitrogens with zero attached hydrogens (tertiary/aromatic N) is 7. The largest absolute Gasteiger partial charge is 0.573 e. The standard InChI is InChI=1S/C26H19F3N2O2.C25H17F3N2O2.C16H12F3NO.C15H9BrF3NO.C11H10ClNO.C9H6BrF3O2.C6H6BrN/c1-16-24(30-23-9-4-3-8-22(23)25(16)32-2)18-10-11-20-12-19(15-31(20)14-18)17-6-5-7-21(13-17)33-26(27,28)29;1-15-23(29-22-8-3-2-7-21(22)24(15)31)17-9-10-19-11-18(14-30(19)13-17)16-5-4-6-20(12-16)32-25(26,27)28;1-11-5-6-14-7-13(10-20(14)9-11)12-3-2-4-15(8-12)21-16(17,18)19;16-12-4-5-13-6-11(8-20(13)9-12)10-2-1-3-14(7-10)21-15(17,18)19;1-7-10(14-2)8-5-3-4-6-9(8)13-11(7)12;10-5-8(14)6-2-1-3-7(4-6)15-9(11,12)13;1-5-2-3-6(7)4-8-5/h3-15H,1-2H3;2-14H,1H3,(H,29,31);2-10H,1H3;1-9H;3-6H,1-2H3;1-4H,5H2;2-4H,1H3. The molecule has 0 radical (unpaired) electrons. The number of benzene rings is 8. The number of pyridine rings is 8. The second-order valence-corrected chi connectivity index (χ2v) is 34.6. The van der Waals surface area contributed by atoms with Crippen molar-refractivity contribution in [2.75, 3.05) is 19.5 Å². The van der Waals surface area contributed by atoms with E-state index in [1.807, 2.05) is 247 Å². The van der Waals surface area contributed by atoms with Crippen molar-refractivity contribution in [1.29, 1.82) is 0 Å². The smallest absolute Gasteiger partial charge is 0.496 e. The average Bonchev–Trinajstić information content (AvgIpc) is 1.36. The Morgan fingerprint density at radius 2 is 0.729 bits per heavy atom. The summed E-state index contributed by atoms with van der Waals surface area (Å²) in [6.45, 7) is 9.62. The fourth-order valence-corrected chi connectivity index (χ4v) is 16.4. The van der Waals surface area contributed by atoms with Crippen LogP contribution in [0.2, 0.25) is 5.15 Å². The summed E-state index contributed by atoms with van der Waals surface area (Å²) in [4.78, 5) is 40.4. The van der Waals surface area contributed by atoms with Crippen LogP contribution in [0.5, 0.6) is 40.2 Å². The molecule has 0 saturated heterocycles. The maximum absolute atomic E-state index is 12.8. The molecule has 8 aromatic carbocycles. The molecular formula is C108H79Br3ClF15N8O9. The van der Waals surface area contributed by atoms with E-state index in [0.717, 1.165) is 149 Å². The molecule has 12 heterocycles. The van der Waals surface area contributed by atoms with E-state index in [1.165, 1.54) is 72.8 Å². The average molecular weight is 2190 g/mol. The number of para-hydroxylation sites is 3. The zero-order valence-corrected chi connectivity index (χ0v) is 82.0. The van der Waals surface area contributed by atoms with Crippen molar-refractivity contribution in [2.45, 2.75) is 66.4 Å². The molecule has 0 saturated carbocycles. The number of hydrogen-bond acceptors (Lipinski definition) is 12. The lowest BCUT2D eigenvalue weighted by molar-refractivity contribution is -0.275. The number of carbonyl (C=O) groups is 1. The van der Waals surface area contributed by atoms with Gasteiger partial charge in [0.25, 0.3) is 0 Å². The lowest BCUT2D eigenvalue weighted by atomic mass is 10.0. The number of Topliss-reactive ketones (excluding diaryl/α,β-unsaturated/α-hetero) is 1. The molecule has 0 atom stereocenters. The van der Waals surface area contributed by atoms with Crippen molar-refractivity contribution in [3.8, 4) is 107 Å². The van der Waals surface area contributed by atoms with Gasteiger partial charge < -0.3 is 55.7 Å². The number of aromatic amines is 1. The highest BCUT2D eigenvalue weighted by Gasteiger charge is 2.35. The van der Waals surface area contributed by atoms with Crippen LogP contribution in [0.3, 0.4) is 0 Å². The molecule has 0 amide bonds. The molecule has 0 fully saturated rings. The number of alkyl halides is 16. The zero-order valence-electron chi connectivity index (χ0n) is 76.4. The van der Waals surface area contributed by atoms with Gasteiger partial charge in [-0.1, -0.05) is 131 Å². The molecule has 12 aromatic heterocycles. The lowest BCUT2D eigenvalue weighted by Crippen LogP contribution is -2.17. The third-order valence-corrected chi connectivity index (χ3v) is 23.5. The van der Waals surface area contributed by atoms with Gasteiger partial charge in [0.15, 0.2) is 11.2 Å². The monoisotopic (exact) mass is 2190 g/mol. The zero-order chi connectivity index (χ0) is 103. The molecule has 738 valence electrons. The molecule has 0 bridgehead atoms. The Labute approximate surface area is 841 Å². The number of methoxy groups -OCH3 is 2. The van der Waals surface area contributed by atoms with Crippen LogP contribution >= 0.6 is 59.4 Å². The van der Waals surface area contributed by atoms with Crippen LogP contribution in [-0.4, -0.2) is 94.7 Å². The summed E-state index contributed by atoms with van der Waals surface area (Å²) in [7, 11) is 3.29. The Kier molecular flexibility index (Phi) is 32.8. The minimum absolute atomic E-state index is 0.0240. The van der Waals surface area contributed by atoms with Crippen LogP contribution in [-0.2, 0) is 0 Å². The summed E-state index contributed by atoms with van der Waals surface area (Å²) in [6, 6.07) is 78.7. The molecular weight excluding hydrogens is 2110 g/mol. The fraction of sp³-hybridized carbons (Fsp3) is 0.120. The van der Waals surface area contributed by atoms with Crippen LogP contribution in [0.1, 0.15) is 38.3 Å². The van der Waals surface area contributed by atoms with E-state index in [1.54, 1.807) is 69.8 Å². The van der Waals surface area contributed by atoms with Crippen molar-refractivity contribution < 1.29 is 104 Å². The molecule has 1 N–H and O–H groups in total. The predicted octanol–water partition coefficient (Wildman–Crippen LogP) is 32.0. The van der Waals surface area contributed by atoms with E-state index < -0.39 is 37.6 Å². The predicted molar refractivity (Wildman–Crippen MR) is 537 cm³/mol. The first kappa shape index (κ1) is 105. The van der Waals surface area contributed by atoms with Gasteiger partial charge in [0.2, 0.25) is 0 Å². The molecule has 0 aliphatic rings. The number of rotatable bonds is 15. The first-order valence-corrected chi connectivity index (χ1v) is 46.2. The van der Waals surface area contributed by atoms with Gasteiger partial charge in [-0.2, -0.15) is 0 Å². The van der Waals surface area contributed by atoms with Gasteiger partial charge in [-0.3, -0.25) is 14.6 Å². The van der Waals surface area contributed by atoms with Crippen LogP contribution in [0.15, 0.2) is 349 Å². The van der Waals surface area contributed by atoms with Crippen molar-refractivity contribution in [3.63, 3.8) is 0 Å². The summed E-state index contributed by atoms with van der Waals surface area (Å²) >= 11 is 15.6. The number of H-pyrrole nitrogens is 1. The number of ketones is 1. The van der Waals surface area contributed by atoms with Gasteiger partial charge in [0.1, 0.15) is 45.4 Å². The highest BCUT2D eigenvalue weighted by molar-refractivity contribution is 9.10. The normalized spacial score (nSPS) is 11.5. The molecule has 0 unspecified atom stereocenters.